The second-order valence-corrected chi connectivity index (χ2v) is 5.91. The SMILES string of the molecule is COc1cc(N)c(NS(=O)(=O)c2cn[nH]c2C)cc1OC. The van der Waals surface area contributed by atoms with E-state index in [0.717, 1.165) is 0 Å². The molecular formula is C12H16N4O4S. The topological polar surface area (TPSA) is 119 Å². The summed E-state index contributed by atoms with van der Waals surface area (Å²) in [6.45, 7) is 1.61. The van der Waals surface area contributed by atoms with E-state index in [1.807, 2.05) is 0 Å². The van der Waals surface area contributed by atoms with Gasteiger partial charge in [-0.15, -0.1) is 0 Å². The smallest absolute Gasteiger partial charge is 0.265 e. The summed E-state index contributed by atoms with van der Waals surface area (Å²) in [6, 6.07) is 2.94. The normalized spacial score (nSPS) is 11.2. The van der Waals surface area contributed by atoms with E-state index >= 15 is 0 Å². The number of benzene rings is 1. The molecule has 0 aliphatic rings. The van der Waals surface area contributed by atoms with Crippen LogP contribution in [0.3, 0.4) is 0 Å². The van der Waals surface area contributed by atoms with Crippen LogP contribution in [0.15, 0.2) is 23.2 Å². The molecule has 1 heterocycles. The number of H-pyrrole nitrogens is 1. The van der Waals surface area contributed by atoms with Gasteiger partial charge in [-0.2, -0.15) is 5.10 Å². The van der Waals surface area contributed by atoms with Crippen LogP contribution in [0.5, 0.6) is 11.5 Å². The van der Waals surface area contributed by atoms with E-state index in [1.165, 1.54) is 32.5 Å². The van der Waals surface area contributed by atoms with Gasteiger partial charge in [-0.1, -0.05) is 0 Å². The molecule has 0 fully saturated rings. The van der Waals surface area contributed by atoms with Crippen LogP contribution in [0.25, 0.3) is 0 Å². The van der Waals surface area contributed by atoms with Gasteiger partial charge in [-0.25, -0.2) is 8.42 Å². The minimum Gasteiger partial charge on any atom is -0.493 e. The average molecular weight is 312 g/mol. The van der Waals surface area contributed by atoms with Crippen molar-refractivity contribution in [2.45, 2.75) is 11.8 Å². The molecule has 4 N–H and O–H groups in total. The van der Waals surface area contributed by atoms with Crippen molar-refractivity contribution in [3.8, 4) is 11.5 Å². The van der Waals surface area contributed by atoms with Gasteiger partial charge in [0.1, 0.15) is 4.90 Å². The van der Waals surface area contributed by atoms with Gasteiger partial charge in [0, 0.05) is 12.1 Å². The second-order valence-electron chi connectivity index (χ2n) is 4.26. The molecule has 114 valence electrons. The van der Waals surface area contributed by atoms with E-state index in [0.29, 0.717) is 17.2 Å². The number of ether oxygens (including phenoxy) is 2. The van der Waals surface area contributed by atoms with Crippen LogP contribution in [-0.4, -0.2) is 32.8 Å². The number of aryl methyl sites for hydroxylation is 1. The number of nitrogen functional groups attached to an aromatic ring is 1. The first-order chi connectivity index (χ1) is 9.89. The minimum absolute atomic E-state index is 0.0525. The summed E-state index contributed by atoms with van der Waals surface area (Å²) in [5.41, 5.74) is 6.69. The number of anilines is 2. The van der Waals surface area contributed by atoms with Gasteiger partial charge in [-0.3, -0.25) is 9.82 Å². The fraction of sp³-hybridized carbons (Fsp3) is 0.250. The Labute approximate surface area is 122 Å². The number of nitrogens with zero attached hydrogens (tertiary/aromatic N) is 1. The highest BCUT2D eigenvalue weighted by Crippen LogP contribution is 2.35. The molecule has 8 nitrogen and oxygen atoms in total. The predicted molar refractivity (Wildman–Crippen MR) is 78.1 cm³/mol. The molecule has 1 aromatic carbocycles. The first-order valence-electron chi connectivity index (χ1n) is 5.93. The molecule has 0 saturated carbocycles. The number of nitrogens with one attached hydrogen (secondary N) is 2. The van der Waals surface area contributed by atoms with Crippen molar-refractivity contribution >= 4 is 21.4 Å². The molecule has 0 aliphatic carbocycles. The number of sulfonamides is 1. The fourth-order valence-corrected chi connectivity index (χ4v) is 3.01. The van der Waals surface area contributed by atoms with Crippen molar-refractivity contribution in [3.63, 3.8) is 0 Å². The fourth-order valence-electron chi connectivity index (χ4n) is 1.79. The van der Waals surface area contributed by atoms with Crippen molar-refractivity contribution in [2.24, 2.45) is 0 Å². The van der Waals surface area contributed by atoms with E-state index in [2.05, 4.69) is 14.9 Å². The first kappa shape index (κ1) is 15.0. The summed E-state index contributed by atoms with van der Waals surface area (Å²) in [6.07, 6.45) is 1.23. The second kappa shape index (κ2) is 5.52. The highest BCUT2D eigenvalue weighted by atomic mass is 32.2. The van der Waals surface area contributed by atoms with Gasteiger partial charge < -0.3 is 15.2 Å². The third-order valence-electron chi connectivity index (χ3n) is 2.87. The zero-order valence-corrected chi connectivity index (χ0v) is 12.6. The van der Waals surface area contributed by atoms with Crippen LogP contribution in [0.2, 0.25) is 0 Å². The standard InChI is InChI=1S/C12H16N4O4S/c1-7-12(6-14-15-7)21(17,18)16-9-5-11(20-3)10(19-2)4-8(9)13/h4-6,16H,13H2,1-3H3,(H,14,15). The van der Waals surface area contributed by atoms with E-state index in [9.17, 15) is 8.42 Å². The van der Waals surface area contributed by atoms with Crippen LogP contribution in [0.4, 0.5) is 11.4 Å². The molecule has 21 heavy (non-hydrogen) atoms. The van der Waals surface area contributed by atoms with Crippen molar-refractivity contribution in [3.05, 3.63) is 24.0 Å². The van der Waals surface area contributed by atoms with Gasteiger partial charge in [0.05, 0.1) is 37.5 Å². The third kappa shape index (κ3) is 2.87. The van der Waals surface area contributed by atoms with Crippen LogP contribution in [-0.2, 0) is 10.0 Å². The molecule has 2 aromatic rings. The number of aromatic amines is 1. The number of nitrogens with two attached hydrogens (primary N) is 1. The number of hydrogen-bond acceptors (Lipinski definition) is 6. The number of aromatic nitrogens is 2. The van der Waals surface area contributed by atoms with Crippen LogP contribution < -0.4 is 19.9 Å². The van der Waals surface area contributed by atoms with Gasteiger partial charge in [0.25, 0.3) is 10.0 Å². The van der Waals surface area contributed by atoms with Crippen LogP contribution >= 0.6 is 0 Å². The summed E-state index contributed by atoms with van der Waals surface area (Å²) < 4.78 is 37.2. The zero-order valence-electron chi connectivity index (χ0n) is 11.8. The quantitative estimate of drug-likeness (QED) is 0.712. The molecule has 0 radical (unpaired) electrons. The Bertz CT molecular complexity index is 755. The first-order valence-corrected chi connectivity index (χ1v) is 7.41. The molecule has 0 aliphatic heterocycles. The highest BCUT2D eigenvalue weighted by Gasteiger charge is 2.21. The Morgan fingerprint density at radius 3 is 2.38 bits per heavy atom. The Kier molecular flexibility index (Phi) is 3.94. The van der Waals surface area contributed by atoms with Crippen molar-refractivity contribution in [1.82, 2.24) is 10.2 Å². The number of hydrogen-bond donors (Lipinski definition) is 3. The summed E-state index contributed by atoms with van der Waals surface area (Å²) in [7, 11) is -0.869. The van der Waals surface area contributed by atoms with Gasteiger partial charge in [0.15, 0.2) is 11.5 Å². The maximum Gasteiger partial charge on any atom is 0.265 e. The molecule has 0 spiro atoms. The number of methoxy groups -OCH3 is 2. The molecule has 2 rings (SSSR count). The Morgan fingerprint density at radius 1 is 1.24 bits per heavy atom. The summed E-state index contributed by atoms with van der Waals surface area (Å²) in [5, 5.41) is 6.26. The van der Waals surface area contributed by atoms with Crippen LogP contribution in [0.1, 0.15) is 5.69 Å². The summed E-state index contributed by atoms with van der Waals surface area (Å²) >= 11 is 0. The zero-order chi connectivity index (χ0) is 15.6. The lowest BCUT2D eigenvalue weighted by Gasteiger charge is -2.14. The van der Waals surface area contributed by atoms with Gasteiger partial charge >= 0.3 is 0 Å². The Balaban J connectivity index is 2.42. The highest BCUT2D eigenvalue weighted by molar-refractivity contribution is 7.92. The van der Waals surface area contributed by atoms with Crippen molar-refractivity contribution in [1.29, 1.82) is 0 Å². The molecule has 0 atom stereocenters. The Morgan fingerprint density at radius 2 is 1.86 bits per heavy atom. The minimum atomic E-state index is -3.79. The van der Waals surface area contributed by atoms with Crippen LogP contribution in [0, 0.1) is 6.92 Å². The molecule has 1 aromatic heterocycles. The lowest BCUT2D eigenvalue weighted by molar-refractivity contribution is 0.355. The van der Waals surface area contributed by atoms with E-state index in [-0.39, 0.29) is 16.3 Å². The average Bonchev–Trinajstić information content (AvgIpc) is 2.87. The largest absolute Gasteiger partial charge is 0.493 e. The summed E-state index contributed by atoms with van der Waals surface area (Å²) in [5.74, 6) is 0.783. The monoisotopic (exact) mass is 312 g/mol. The number of rotatable bonds is 5. The Hall–Kier alpha value is -2.42. The van der Waals surface area contributed by atoms with E-state index in [4.69, 9.17) is 15.2 Å². The van der Waals surface area contributed by atoms with E-state index in [1.54, 1.807) is 6.92 Å². The lowest BCUT2D eigenvalue weighted by atomic mass is 10.2. The molecule has 0 unspecified atom stereocenters. The predicted octanol–water partition coefficient (Wildman–Crippen LogP) is 1.12. The summed E-state index contributed by atoms with van der Waals surface area (Å²) in [4.78, 5) is 0.0525. The molecular weight excluding hydrogens is 296 g/mol. The van der Waals surface area contributed by atoms with Crippen molar-refractivity contribution < 1.29 is 17.9 Å². The van der Waals surface area contributed by atoms with Gasteiger partial charge in [0.2, 0.25) is 0 Å². The lowest BCUT2D eigenvalue weighted by Crippen LogP contribution is -2.14. The molecule has 9 heteroatoms. The molecule has 0 amide bonds. The van der Waals surface area contributed by atoms with Gasteiger partial charge in [-0.05, 0) is 6.92 Å². The molecule has 0 bridgehead atoms. The molecule has 0 saturated heterocycles. The van der Waals surface area contributed by atoms with Crippen molar-refractivity contribution in [2.75, 3.05) is 24.7 Å². The maximum atomic E-state index is 12.3. The third-order valence-corrected chi connectivity index (χ3v) is 4.35. The van der Waals surface area contributed by atoms with E-state index < -0.39 is 10.0 Å². The maximum absolute atomic E-state index is 12.3.